The SMILES string of the molecule is CC(C)(C)OC(=O)N1CC2C=CC(=O)C2C1. The van der Waals surface area contributed by atoms with Gasteiger partial charge in [0.2, 0.25) is 0 Å². The minimum atomic E-state index is -0.478. The Balaban J connectivity index is 1.97. The van der Waals surface area contributed by atoms with Crippen LogP contribution in [0.4, 0.5) is 4.79 Å². The first kappa shape index (κ1) is 11.2. The smallest absolute Gasteiger partial charge is 0.410 e. The Bertz CT molecular complexity index is 354. The molecule has 2 rings (SSSR count). The van der Waals surface area contributed by atoms with Crippen LogP contribution < -0.4 is 0 Å². The topological polar surface area (TPSA) is 46.6 Å². The predicted molar refractivity (Wildman–Crippen MR) is 58.9 cm³/mol. The van der Waals surface area contributed by atoms with Gasteiger partial charge in [0.25, 0.3) is 0 Å². The van der Waals surface area contributed by atoms with Gasteiger partial charge in [0.1, 0.15) is 5.60 Å². The lowest BCUT2D eigenvalue weighted by molar-refractivity contribution is -0.117. The number of carbonyl (C=O) groups is 2. The van der Waals surface area contributed by atoms with Gasteiger partial charge in [-0.3, -0.25) is 4.79 Å². The Kier molecular flexibility index (Phi) is 2.52. The van der Waals surface area contributed by atoms with Crippen molar-refractivity contribution in [1.82, 2.24) is 4.90 Å². The van der Waals surface area contributed by atoms with Crippen LogP contribution in [0, 0.1) is 11.8 Å². The Labute approximate surface area is 95.2 Å². The largest absolute Gasteiger partial charge is 0.444 e. The molecule has 0 saturated carbocycles. The summed E-state index contributed by atoms with van der Waals surface area (Å²) in [5, 5.41) is 0. The van der Waals surface area contributed by atoms with Crippen LogP contribution in [0.15, 0.2) is 12.2 Å². The van der Waals surface area contributed by atoms with Crippen LogP contribution in [0.5, 0.6) is 0 Å². The van der Waals surface area contributed by atoms with E-state index < -0.39 is 5.60 Å². The quantitative estimate of drug-likeness (QED) is 0.626. The van der Waals surface area contributed by atoms with E-state index in [4.69, 9.17) is 4.74 Å². The number of ketones is 1. The van der Waals surface area contributed by atoms with Crippen LogP contribution in [-0.4, -0.2) is 35.5 Å². The van der Waals surface area contributed by atoms with E-state index in [0.29, 0.717) is 13.1 Å². The van der Waals surface area contributed by atoms with Crippen molar-refractivity contribution < 1.29 is 14.3 Å². The van der Waals surface area contributed by atoms with Crippen molar-refractivity contribution in [3.05, 3.63) is 12.2 Å². The first-order valence-corrected chi connectivity index (χ1v) is 5.57. The van der Waals surface area contributed by atoms with Crippen LogP contribution in [0.3, 0.4) is 0 Å². The Hall–Kier alpha value is -1.32. The molecule has 0 aromatic heterocycles. The van der Waals surface area contributed by atoms with Gasteiger partial charge in [-0.15, -0.1) is 0 Å². The van der Waals surface area contributed by atoms with Crippen LogP contribution >= 0.6 is 0 Å². The van der Waals surface area contributed by atoms with Gasteiger partial charge in [0.15, 0.2) is 5.78 Å². The van der Waals surface area contributed by atoms with Gasteiger partial charge in [-0.25, -0.2) is 4.79 Å². The number of likely N-dealkylation sites (tertiary alicyclic amines) is 1. The lowest BCUT2D eigenvalue weighted by atomic mass is 10.00. The minimum absolute atomic E-state index is 0.0347. The van der Waals surface area contributed by atoms with E-state index in [1.807, 2.05) is 26.8 Å². The molecule has 4 heteroatoms. The molecule has 1 fully saturated rings. The molecule has 1 aliphatic heterocycles. The highest BCUT2D eigenvalue weighted by Gasteiger charge is 2.41. The number of rotatable bonds is 0. The van der Waals surface area contributed by atoms with E-state index in [1.54, 1.807) is 11.0 Å². The minimum Gasteiger partial charge on any atom is -0.444 e. The molecule has 2 atom stereocenters. The summed E-state index contributed by atoms with van der Waals surface area (Å²) in [7, 11) is 0. The molecule has 1 amide bonds. The molecule has 0 spiro atoms. The summed E-state index contributed by atoms with van der Waals surface area (Å²) in [4.78, 5) is 24.8. The van der Waals surface area contributed by atoms with Gasteiger partial charge in [-0.2, -0.15) is 0 Å². The third-order valence-corrected chi connectivity index (χ3v) is 2.89. The zero-order chi connectivity index (χ0) is 11.9. The summed E-state index contributed by atoms with van der Waals surface area (Å²) >= 11 is 0. The summed E-state index contributed by atoms with van der Waals surface area (Å²) in [5.41, 5.74) is -0.478. The summed E-state index contributed by atoms with van der Waals surface area (Å²) in [6.07, 6.45) is 3.21. The van der Waals surface area contributed by atoms with E-state index in [9.17, 15) is 9.59 Å². The fraction of sp³-hybridized carbons (Fsp3) is 0.667. The Morgan fingerprint density at radius 3 is 2.69 bits per heavy atom. The van der Waals surface area contributed by atoms with Crippen LogP contribution in [-0.2, 0) is 9.53 Å². The monoisotopic (exact) mass is 223 g/mol. The molecule has 2 unspecified atom stereocenters. The number of hydrogen-bond donors (Lipinski definition) is 0. The van der Waals surface area contributed by atoms with Crippen LogP contribution in [0.2, 0.25) is 0 Å². The standard InChI is InChI=1S/C12H17NO3/c1-12(2,3)16-11(15)13-6-8-4-5-10(14)9(8)7-13/h4-5,8-9H,6-7H2,1-3H3. The van der Waals surface area contributed by atoms with Gasteiger partial charge in [0, 0.05) is 24.9 Å². The second kappa shape index (κ2) is 3.61. The van der Waals surface area contributed by atoms with Gasteiger partial charge in [-0.05, 0) is 26.8 Å². The second-order valence-corrected chi connectivity index (χ2v) is 5.42. The lowest BCUT2D eigenvalue weighted by Gasteiger charge is -2.24. The van der Waals surface area contributed by atoms with Gasteiger partial charge in [0.05, 0.1) is 0 Å². The molecule has 2 aliphatic rings. The van der Waals surface area contributed by atoms with E-state index in [-0.39, 0.29) is 23.7 Å². The highest BCUT2D eigenvalue weighted by atomic mass is 16.6. The number of nitrogens with zero attached hydrogens (tertiary/aromatic N) is 1. The lowest BCUT2D eigenvalue weighted by Crippen LogP contribution is -2.36. The molecule has 0 radical (unpaired) electrons. The predicted octanol–water partition coefficient (Wildman–Crippen LogP) is 1.61. The molecule has 1 saturated heterocycles. The van der Waals surface area contributed by atoms with Crippen LogP contribution in [0.25, 0.3) is 0 Å². The number of fused-ring (bicyclic) bond motifs is 1. The molecule has 1 heterocycles. The van der Waals surface area contributed by atoms with E-state index >= 15 is 0 Å². The van der Waals surface area contributed by atoms with E-state index in [2.05, 4.69) is 0 Å². The van der Waals surface area contributed by atoms with Crippen molar-refractivity contribution in [2.24, 2.45) is 11.8 Å². The fourth-order valence-electron chi connectivity index (χ4n) is 2.14. The van der Waals surface area contributed by atoms with E-state index in [1.165, 1.54) is 0 Å². The van der Waals surface area contributed by atoms with E-state index in [0.717, 1.165) is 0 Å². The molecule has 16 heavy (non-hydrogen) atoms. The highest BCUT2D eigenvalue weighted by molar-refractivity contribution is 5.95. The highest BCUT2D eigenvalue weighted by Crippen LogP contribution is 2.31. The van der Waals surface area contributed by atoms with Crippen molar-refractivity contribution in [2.45, 2.75) is 26.4 Å². The molecular weight excluding hydrogens is 206 g/mol. The molecule has 1 aliphatic carbocycles. The van der Waals surface area contributed by atoms with Crippen molar-refractivity contribution in [1.29, 1.82) is 0 Å². The first-order valence-electron chi connectivity index (χ1n) is 5.57. The first-order chi connectivity index (χ1) is 7.37. The molecule has 0 aromatic rings. The summed E-state index contributed by atoms with van der Waals surface area (Å²) < 4.78 is 5.27. The van der Waals surface area contributed by atoms with Gasteiger partial charge in [-0.1, -0.05) is 6.08 Å². The number of hydrogen-bond acceptors (Lipinski definition) is 3. The maximum atomic E-state index is 11.8. The maximum absolute atomic E-state index is 11.8. The number of allylic oxidation sites excluding steroid dienone is 1. The van der Waals surface area contributed by atoms with Gasteiger partial charge >= 0.3 is 6.09 Å². The third-order valence-electron chi connectivity index (χ3n) is 2.89. The van der Waals surface area contributed by atoms with Gasteiger partial charge < -0.3 is 9.64 Å². The summed E-state index contributed by atoms with van der Waals surface area (Å²) in [6.45, 7) is 6.61. The zero-order valence-electron chi connectivity index (χ0n) is 9.90. The average Bonchev–Trinajstić information content (AvgIpc) is 2.65. The maximum Gasteiger partial charge on any atom is 0.410 e. The van der Waals surface area contributed by atoms with Crippen molar-refractivity contribution >= 4 is 11.9 Å². The molecule has 0 bridgehead atoms. The molecule has 0 aromatic carbocycles. The van der Waals surface area contributed by atoms with Crippen molar-refractivity contribution in [3.8, 4) is 0 Å². The zero-order valence-corrected chi connectivity index (χ0v) is 9.90. The summed E-state index contributed by atoms with van der Waals surface area (Å²) in [6, 6.07) is 0. The molecule has 4 nitrogen and oxygen atoms in total. The average molecular weight is 223 g/mol. The Morgan fingerprint density at radius 1 is 1.44 bits per heavy atom. The molecular formula is C12H17NO3. The Morgan fingerprint density at radius 2 is 2.12 bits per heavy atom. The second-order valence-electron chi connectivity index (χ2n) is 5.42. The number of carbonyl (C=O) groups excluding carboxylic acids is 2. The molecule has 88 valence electrons. The van der Waals surface area contributed by atoms with Crippen LogP contribution in [0.1, 0.15) is 20.8 Å². The fourth-order valence-corrected chi connectivity index (χ4v) is 2.14. The number of amides is 1. The number of ether oxygens (including phenoxy) is 1. The third kappa shape index (κ3) is 2.10. The van der Waals surface area contributed by atoms with Crippen molar-refractivity contribution in [2.75, 3.05) is 13.1 Å². The summed E-state index contributed by atoms with van der Waals surface area (Å²) in [5.74, 6) is 0.295. The molecule has 0 N–H and O–H groups in total. The van der Waals surface area contributed by atoms with Crippen molar-refractivity contribution in [3.63, 3.8) is 0 Å². The normalized spacial score (nSPS) is 28.4.